The average Bonchev–Trinajstić information content (AvgIpc) is 2.55. The van der Waals surface area contributed by atoms with Crippen LogP contribution in [0.2, 0.25) is 0 Å². The Morgan fingerprint density at radius 3 is 2.85 bits per heavy atom. The summed E-state index contributed by atoms with van der Waals surface area (Å²) in [5.74, 6) is 0. The van der Waals surface area contributed by atoms with E-state index in [1.165, 1.54) is 0 Å². The lowest BCUT2D eigenvalue weighted by Gasteiger charge is -2.25. The van der Waals surface area contributed by atoms with Crippen LogP contribution in [0, 0.1) is 0 Å². The fourth-order valence-electron chi connectivity index (χ4n) is 1.87. The molecule has 2 fully saturated rings. The minimum absolute atomic E-state index is 0.0928. The van der Waals surface area contributed by atoms with Crippen LogP contribution in [0.1, 0.15) is 13.8 Å². The first-order chi connectivity index (χ1) is 6.07. The summed E-state index contributed by atoms with van der Waals surface area (Å²) in [5.41, 5.74) is -0.690. The molecule has 1 unspecified atom stereocenters. The number of ether oxygens (including phenoxy) is 3. The van der Waals surface area contributed by atoms with Crippen LogP contribution in [0.25, 0.3) is 0 Å². The lowest BCUT2D eigenvalue weighted by molar-refractivity contribution is -0.0945. The van der Waals surface area contributed by atoms with Gasteiger partial charge in [-0.15, -0.1) is 0 Å². The van der Waals surface area contributed by atoms with E-state index in [2.05, 4.69) is 0 Å². The van der Waals surface area contributed by atoms with Gasteiger partial charge in [0.25, 0.3) is 0 Å². The molecule has 2 saturated heterocycles. The van der Waals surface area contributed by atoms with Gasteiger partial charge in [0.2, 0.25) is 0 Å². The van der Waals surface area contributed by atoms with Crippen molar-refractivity contribution >= 4 is 17.5 Å². The molecule has 13 heavy (non-hydrogen) atoms. The van der Waals surface area contributed by atoms with Crippen molar-refractivity contribution in [2.75, 3.05) is 6.61 Å². The van der Waals surface area contributed by atoms with Crippen LogP contribution in [-0.2, 0) is 14.2 Å². The standard InChI is InChI=1S/C8H12O4S/c1-4-5-6(11-7(13)10-5)8(2,3-9)12-4/h4-6,9H,3H2,1-2H3/t4-,5?,6+,8+/m0/s1. The van der Waals surface area contributed by atoms with Crippen LogP contribution >= 0.6 is 12.2 Å². The number of rotatable bonds is 1. The normalized spacial score (nSPS) is 48.5. The van der Waals surface area contributed by atoms with Crippen molar-refractivity contribution < 1.29 is 19.3 Å². The summed E-state index contributed by atoms with van der Waals surface area (Å²) in [6.45, 7) is 3.59. The SMILES string of the molecule is C[C@@H]1O[C@](C)(CO)[C@@H]2OC(=S)OC12. The highest BCUT2D eigenvalue weighted by molar-refractivity contribution is 7.79. The molecule has 0 saturated carbocycles. The molecule has 1 N–H and O–H groups in total. The second kappa shape index (κ2) is 2.80. The van der Waals surface area contributed by atoms with E-state index in [1.54, 1.807) is 6.92 Å². The summed E-state index contributed by atoms with van der Waals surface area (Å²) in [6, 6.07) is 0. The van der Waals surface area contributed by atoms with Crippen LogP contribution in [0.5, 0.6) is 0 Å². The molecule has 0 spiro atoms. The van der Waals surface area contributed by atoms with Crippen molar-refractivity contribution in [2.24, 2.45) is 0 Å². The molecule has 0 radical (unpaired) electrons. The second-order valence-corrected chi connectivity index (χ2v) is 4.00. The number of aliphatic hydroxyl groups is 1. The molecular weight excluding hydrogens is 192 g/mol. The van der Waals surface area contributed by atoms with Gasteiger partial charge >= 0.3 is 5.24 Å². The van der Waals surface area contributed by atoms with Crippen LogP contribution in [0.15, 0.2) is 0 Å². The summed E-state index contributed by atoms with van der Waals surface area (Å²) in [5, 5.41) is 9.33. The smallest absolute Gasteiger partial charge is 0.353 e. The quantitative estimate of drug-likeness (QED) is 0.619. The van der Waals surface area contributed by atoms with Crippen molar-refractivity contribution in [3.05, 3.63) is 0 Å². The van der Waals surface area contributed by atoms with Crippen molar-refractivity contribution in [1.29, 1.82) is 0 Å². The summed E-state index contributed by atoms with van der Waals surface area (Å²) >= 11 is 4.80. The van der Waals surface area contributed by atoms with Gasteiger partial charge in [-0.05, 0) is 13.8 Å². The summed E-state index contributed by atoms with van der Waals surface area (Å²) in [6.07, 6.45) is -0.549. The van der Waals surface area contributed by atoms with E-state index in [1.807, 2.05) is 6.92 Å². The third-order valence-corrected chi connectivity index (χ3v) is 2.78. The van der Waals surface area contributed by atoms with Crippen LogP contribution < -0.4 is 0 Å². The lowest BCUT2D eigenvalue weighted by Crippen LogP contribution is -2.42. The highest BCUT2D eigenvalue weighted by Crippen LogP contribution is 2.38. The second-order valence-electron chi connectivity index (χ2n) is 3.66. The predicted octanol–water partition coefficient (Wildman–Crippen LogP) is 0.225. The third-order valence-electron chi connectivity index (χ3n) is 2.59. The zero-order chi connectivity index (χ0) is 9.64. The van der Waals surface area contributed by atoms with Crippen molar-refractivity contribution in [3.8, 4) is 0 Å². The first-order valence-electron chi connectivity index (χ1n) is 4.23. The Bertz CT molecular complexity index is 244. The number of hydrogen-bond acceptors (Lipinski definition) is 5. The number of hydrogen-bond donors (Lipinski definition) is 1. The van der Waals surface area contributed by atoms with E-state index in [0.29, 0.717) is 0 Å². The maximum atomic E-state index is 9.17. The predicted molar refractivity (Wildman–Crippen MR) is 48.4 cm³/mol. The van der Waals surface area contributed by atoms with Crippen molar-refractivity contribution in [1.82, 2.24) is 0 Å². The average molecular weight is 204 g/mol. The van der Waals surface area contributed by atoms with E-state index < -0.39 is 5.60 Å². The molecule has 0 aromatic carbocycles. The Kier molecular flexibility index (Phi) is 1.98. The van der Waals surface area contributed by atoms with E-state index in [9.17, 15) is 5.11 Å². The molecule has 0 amide bonds. The first kappa shape index (κ1) is 9.18. The molecule has 4 atom stereocenters. The molecule has 4 nitrogen and oxygen atoms in total. The van der Waals surface area contributed by atoms with Crippen LogP contribution in [0.4, 0.5) is 0 Å². The lowest BCUT2D eigenvalue weighted by atomic mass is 9.98. The minimum atomic E-state index is -0.690. The maximum Gasteiger partial charge on any atom is 0.353 e. The number of fused-ring (bicyclic) bond motifs is 1. The molecular formula is C8H12O4S. The highest BCUT2D eigenvalue weighted by Gasteiger charge is 2.57. The van der Waals surface area contributed by atoms with Crippen LogP contribution in [0.3, 0.4) is 0 Å². The molecule has 0 bridgehead atoms. The fraction of sp³-hybridized carbons (Fsp3) is 0.875. The topological polar surface area (TPSA) is 47.9 Å². The van der Waals surface area contributed by atoms with E-state index in [-0.39, 0.29) is 30.2 Å². The minimum Gasteiger partial charge on any atom is -0.447 e. The molecule has 5 heteroatoms. The molecule has 2 rings (SSSR count). The third kappa shape index (κ3) is 1.22. The molecule has 2 aliphatic rings. The maximum absolute atomic E-state index is 9.17. The van der Waals surface area contributed by atoms with Crippen LogP contribution in [-0.4, -0.2) is 40.9 Å². The molecule has 2 aliphatic heterocycles. The number of aliphatic hydroxyl groups excluding tert-OH is 1. The van der Waals surface area contributed by atoms with Crippen molar-refractivity contribution in [2.45, 2.75) is 37.8 Å². The van der Waals surface area contributed by atoms with Gasteiger partial charge in [-0.3, -0.25) is 0 Å². The van der Waals surface area contributed by atoms with Gasteiger partial charge in [-0.25, -0.2) is 0 Å². The van der Waals surface area contributed by atoms with Gasteiger partial charge in [-0.2, -0.15) is 0 Å². The monoisotopic (exact) mass is 204 g/mol. The molecule has 2 heterocycles. The van der Waals surface area contributed by atoms with E-state index >= 15 is 0 Å². The van der Waals surface area contributed by atoms with E-state index in [4.69, 9.17) is 26.4 Å². The highest BCUT2D eigenvalue weighted by atomic mass is 32.1. The Labute approximate surface area is 81.8 Å². The Hall–Kier alpha value is -0.390. The molecule has 0 aromatic rings. The van der Waals surface area contributed by atoms with Gasteiger partial charge in [0.05, 0.1) is 12.7 Å². The van der Waals surface area contributed by atoms with Gasteiger partial charge < -0.3 is 19.3 Å². The zero-order valence-corrected chi connectivity index (χ0v) is 8.34. The zero-order valence-electron chi connectivity index (χ0n) is 7.52. The van der Waals surface area contributed by atoms with Gasteiger partial charge in [0.1, 0.15) is 5.60 Å². The molecule has 0 aromatic heterocycles. The Balaban J connectivity index is 2.24. The first-order valence-corrected chi connectivity index (χ1v) is 4.63. The Morgan fingerprint density at radius 2 is 2.23 bits per heavy atom. The van der Waals surface area contributed by atoms with Gasteiger partial charge in [-0.1, -0.05) is 0 Å². The number of thiocarbonyl (C=S) groups is 1. The summed E-state index contributed by atoms with van der Waals surface area (Å²) < 4.78 is 16.1. The van der Waals surface area contributed by atoms with Gasteiger partial charge in [0, 0.05) is 12.2 Å². The Morgan fingerprint density at radius 1 is 1.54 bits per heavy atom. The largest absolute Gasteiger partial charge is 0.447 e. The molecule has 0 aliphatic carbocycles. The molecule has 74 valence electrons. The van der Waals surface area contributed by atoms with Crippen molar-refractivity contribution in [3.63, 3.8) is 0 Å². The summed E-state index contributed by atoms with van der Waals surface area (Å²) in [4.78, 5) is 0. The van der Waals surface area contributed by atoms with E-state index in [0.717, 1.165) is 0 Å². The summed E-state index contributed by atoms with van der Waals surface area (Å²) in [7, 11) is 0. The fourth-order valence-corrected chi connectivity index (χ4v) is 2.09. The van der Waals surface area contributed by atoms with Gasteiger partial charge in [0.15, 0.2) is 12.2 Å².